The second kappa shape index (κ2) is 8.45. The number of non-ortho nitro benzene ring substituents is 1. The SMILES string of the molecule is CCCC(C)(C)[C@@H]1C[C@H](C)CC/C1=N\Nc1ccc([N+](=O)[O-])cc1[N+](=O)[O-]. The van der Waals surface area contributed by atoms with Crippen molar-refractivity contribution < 1.29 is 9.85 Å². The molecule has 27 heavy (non-hydrogen) atoms. The molecule has 0 saturated heterocycles. The summed E-state index contributed by atoms with van der Waals surface area (Å²) in [6.45, 7) is 8.93. The van der Waals surface area contributed by atoms with Crippen molar-refractivity contribution >= 4 is 22.8 Å². The van der Waals surface area contributed by atoms with Crippen LogP contribution in [0.4, 0.5) is 17.1 Å². The van der Waals surface area contributed by atoms with Gasteiger partial charge < -0.3 is 0 Å². The minimum atomic E-state index is -0.644. The highest BCUT2D eigenvalue weighted by Gasteiger charge is 2.36. The van der Waals surface area contributed by atoms with E-state index in [0.717, 1.165) is 43.9 Å². The standard InChI is InChI=1S/C19H28N4O4/c1-5-10-19(3,4)15-11-13(2)6-8-16(15)20-21-17-9-7-14(22(24)25)12-18(17)23(26)27/h7,9,12-13,15,21H,5-6,8,10-11H2,1-4H3/b20-16+/t13-,15-/m1/s1. The zero-order valence-electron chi connectivity index (χ0n) is 16.4. The van der Waals surface area contributed by atoms with Crippen molar-refractivity contribution in [3.8, 4) is 0 Å². The lowest BCUT2D eigenvalue weighted by atomic mass is 9.65. The van der Waals surface area contributed by atoms with Crippen LogP contribution in [0, 0.1) is 37.5 Å². The Morgan fingerprint density at radius 2 is 1.96 bits per heavy atom. The molecule has 1 aliphatic carbocycles. The summed E-state index contributed by atoms with van der Waals surface area (Å²) in [5.41, 5.74) is 3.46. The smallest absolute Gasteiger partial charge is 0.272 e. The first-order chi connectivity index (χ1) is 12.7. The van der Waals surface area contributed by atoms with Gasteiger partial charge in [0.05, 0.1) is 15.9 Å². The normalized spacial score (nSPS) is 21.9. The number of hydrogen-bond donors (Lipinski definition) is 1. The van der Waals surface area contributed by atoms with E-state index in [1.807, 2.05) is 0 Å². The van der Waals surface area contributed by atoms with E-state index in [1.54, 1.807) is 0 Å². The summed E-state index contributed by atoms with van der Waals surface area (Å²) >= 11 is 0. The van der Waals surface area contributed by atoms with Gasteiger partial charge in [-0.25, -0.2) is 0 Å². The van der Waals surface area contributed by atoms with Crippen LogP contribution in [0.2, 0.25) is 0 Å². The highest BCUT2D eigenvalue weighted by molar-refractivity contribution is 5.89. The van der Waals surface area contributed by atoms with Gasteiger partial charge in [-0.3, -0.25) is 25.7 Å². The maximum absolute atomic E-state index is 11.3. The van der Waals surface area contributed by atoms with Gasteiger partial charge in [0.25, 0.3) is 5.69 Å². The molecule has 0 aromatic heterocycles. The van der Waals surface area contributed by atoms with Gasteiger partial charge in [-0.15, -0.1) is 0 Å². The highest BCUT2D eigenvalue weighted by atomic mass is 16.6. The monoisotopic (exact) mass is 376 g/mol. The number of nitro groups is 2. The molecule has 1 N–H and O–H groups in total. The molecule has 8 heteroatoms. The zero-order valence-corrected chi connectivity index (χ0v) is 16.4. The third-order valence-electron chi connectivity index (χ3n) is 5.48. The average molecular weight is 376 g/mol. The topological polar surface area (TPSA) is 111 Å². The molecule has 0 heterocycles. The lowest BCUT2D eigenvalue weighted by molar-refractivity contribution is -0.393. The van der Waals surface area contributed by atoms with Crippen LogP contribution in [0.25, 0.3) is 0 Å². The van der Waals surface area contributed by atoms with Crippen LogP contribution < -0.4 is 5.43 Å². The number of nitrogens with one attached hydrogen (secondary N) is 1. The first kappa shape index (κ1) is 20.8. The van der Waals surface area contributed by atoms with Gasteiger partial charge in [0.1, 0.15) is 5.69 Å². The van der Waals surface area contributed by atoms with E-state index < -0.39 is 9.85 Å². The fourth-order valence-electron chi connectivity index (χ4n) is 3.96. The Bertz CT molecular complexity index is 745. The van der Waals surface area contributed by atoms with Crippen LogP contribution in [0.1, 0.15) is 59.8 Å². The van der Waals surface area contributed by atoms with Crippen molar-refractivity contribution in [3.63, 3.8) is 0 Å². The fourth-order valence-corrected chi connectivity index (χ4v) is 3.96. The van der Waals surface area contributed by atoms with E-state index in [9.17, 15) is 20.2 Å². The van der Waals surface area contributed by atoms with Gasteiger partial charge in [0.2, 0.25) is 0 Å². The van der Waals surface area contributed by atoms with E-state index in [-0.39, 0.29) is 22.5 Å². The van der Waals surface area contributed by atoms with E-state index in [2.05, 4.69) is 38.2 Å². The van der Waals surface area contributed by atoms with Crippen LogP contribution in [-0.4, -0.2) is 15.6 Å². The van der Waals surface area contributed by atoms with Crippen molar-refractivity contribution in [1.29, 1.82) is 0 Å². The molecule has 1 aliphatic rings. The predicted molar refractivity (Wildman–Crippen MR) is 106 cm³/mol. The highest BCUT2D eigenvalue weighted by Crippen LogP contribution is 2.42. The first-order valence-electron chi connectivity index (χ1n) is 9.41. The maximum atomic E-state index is 11.3. The van der Waals surface area contributed by atoms with Gasteiger partial charge in [-0.2, -0.15) is 5.10 Å². The number of nitrogens with zero attached hydrogens (tertiary/aromatic N) is 3. The van der Waals surface area contributed by atoms with Crippen molar-refractivity contribution in [2.45, 2.75) is 59.8 Å². The molecule has 0 unspecified atom stereocenters. The molecule has 8 nitrogen and oxygen atoms in total. The molecule has 0 spiro atoms. The minimum Gasteiger partial charge on any atom is -0.272 e. The lowest BCUT2D eigenvalue weighted by Gasteiger charge is -2.40. The molecule has 0 radical (unpaired) electrons. The van der Waals surface area contributed by atoms with Crippen LogP contribution in [-0.2, 0) is 0 Å². The Hall–Kier alpha value is -2.51. The fraction of sp³-hybridized carbons (Fsp3) is 0.632. The second-order valence-corrected chi connectivity index (χ2v) is 8.10. The summed E-state index contributed by atoms with van der Waals surface area (Å²) in [6.07, 6.45) is 5.12. The largest absolute Gasteiger partial charge is 0.301 e. The Morgan fingerprint density at radius 1 is 1.26 bits per heavy atom. The Balaban J connectivity index is 2.31. The van der Waals surface area contributed by atoms with Gasteiger partial charge in [0, 0.05) is 17.7 Å². The number of hydrazone groups is 1. The summed E-state index contributed by atoms with van der Waals surface area (Å²) in [5, 5.41) is 26.7. The van der Waals surface area contributed by atoms with Gasteiger partial charge in [-0.05, 0) is 43.1 Å². The third-order valence-corrected chi connectivity index (χ3v) is 5.48. The lowest BCUT2D eigenvalue weighted by Crippen LogP contribution is -2.36. The van der Waals surface area contributed by atoms with Gasteiger partial charge >= 0.3 is 5.69 Å². The zero-order chi connectivity index (χ0) is 20.2. The van der Waals surface area contributed by atoms with Crippen molar-refractivity contribution in [1.82, 2.24) is 0 Å². The van der Waals surface area contributed by atoms with Crippen LogP contribution in [0.3, 0.4) is 0 Å². The molecule has 0 aliphatic heterocycles. The van der Waals surface area contributed by atoms with Crippen LogP contribution in [0.15, 0.2) is 23.3 Å². The minimum absolute atomic E-state index is 0.103. The summed E-state index contributed by atoms with van der Waals surface area (Å²) in [6, 6.07) is 3.55. The summed E-state index contributed by atoms with van der Waals surface area (Å²) in [4.78, 5) is 20.9. The Labute approximate surface area is 159 Å². The number of rotatable bonds is 7. The molecular weight excluding hydrogens is 348 g/mol. The summed E-state index contributed by atoms with van der Waals surface area (Å²) in [7, 11) is 0. The van der Waals surface area contributed by atoms with Crippen molar-refractivity contribution in [3.05, 3.63) is 38.4 Å². The second-order valence-electron chi connectivity index (χ2n) is 8.10. The molecule has 2 atom stereocenters. The van der Waals surface area contributed by atoms with Crippen LogP contribution in [0.5, 0.6) is 0 Å². The molecule has 1 aromatic carbocycles. The Kier molecular flexibility index (Phi) is 6.51. The number of benzene rings is 1. The van der Waals surface area contributed by atoms with Crippen molar-refractivity contribution in [2.24, 2.45) is 22.4 Å². The maximum Gasteiger partial charge on any atom is 0.301 e. The van der Waals surface area contributed by atoms with Crippen molar-refractivity contribution in [2.75, 3.05) is 5.43 Å². The van der Waals surface area contributed by atoms with E-state index in [4.69, 9.17) is 0 Å². The summed E-state index contributed by atoms with van der Waals surface area (Å²) < 4.78 is 0. The molecule has 1 fully saturated rings. The van der Waals surface area contributed by atoms with Crippen LogP contribution >= 0.6 is 0 Å². The first-order valence-corrected chi connectivity index (χ1v) is 9.41. The quantitative estimate of drug-likeness (QED) is 0.496. The van der Waals surface area contributed by atoms with Gasteiger partial charge in [0.15, 0.2) is 0 Å². The molecule has 148 valence electrons. The number of nitro benzene ring substituents is 2. The molecule has 1 aromatic rings. The molecule has 0 amide bonds. The van der Waals surface area contributed by atoms with E-state index in [0.29, 0.717) is 11.8 Å². The molecule has 2 rings (SSSR count). The molecular formula is C19H28N4O4. The molecule has 0 bridgehead atoms. The summed E-state index contributed by atoms with van der Waals surface area (Å²) in [5.74, 6) is 0.935. The number of anilines is 1. The average Bonchev–Trinajstić information content (AvgIpc) is 2.60. The predicted octanol–water partition coefficient (Wildman–Crippen LogP) is 5.53. The Morgan fingerprint density at radius 3 is 2.56 bits per heavy atom. The van der Waals surface area contributed by atoms with Gasteiger partial charge in [-0.1, -0.05) is 34.1 Å². The van der Waals surface area contributed by atoms with E-state index in [1.165, 1.54) is 12.1 Å². The van der Waals surface area contributed by atoms with E-state index >= 15 is 0 Å². The third kappa shape index (κ3) is 5.02. The molecule has 1 saturated carbocycles. The number of hydrogen-bond acceptors (Lipinski definition) is 6.